The average molecular weight is 263 g/mol. The highest BCUT2D eigenvalue weighted by Gasteiger charge is 2.17. The Bertz CT molecular complexity index is 437. The molecule has 0 aliphatic rings. The maximum atomic E-state index is 11.7. The van der Waals surface area contributed by atoms with Gasteiger partial charge in [-0.25, -0.2) is 4.98 Å². The van der Waals surface area contributed by atoms with Crippen LogP contribution in [0.1, 0.15) is 10.4 Å². The van der Waals surface area contributed by atoms with Gasteiger partial charge < -0.3 is 10.0 Å². The summed E-state index contributed by atoms with van der Waals surface area (Å²) in [5, 5.41) is 8.65. The second-order valence-corrected chi connectivity index (χ2v) is 3.77. The van der Waals surface area contributed by atoms with Gasteiger partial charge in [0.1, 0.15) is 16.9 Å². The molecule has 1 heterocycles. The van der Waals surface area contributed by atoms with Crippen molar-refractivity contribution in [1.29, 1.82) is 0 Å². The maximum absolute atomic E-state index is 11.7. The minimum atomic E-state index is -1.10. The van der Waals surface area contributed by atoms with Crippen LogP contribution in [-0.4, -0.2) is 40.5 Å². The molecule has 0 radical (unpaired) electrons. The van der Waals surface area contributed by atoms with Crippen molar-refractivity contribution in [2.24, 2.45) is 0 Å². The van der Waals surface area contributed by atoms with Crippen molar-refractivity contribution in [2.75, 3.05) is 13.6 Å². The minimum Gasteiger partial charge on any atom is -0.480 e. The van der Waals surface area contributed by atoms with Crippen molar-refractivity contribution < 1.29 is 14.7 Å². The topological polar surface area (TPSA) is 70.5 Å². The lowest BCUT2D eigenvalue weighted by Crippen LogP contribution is -2.32. The lowest BCUT2D eigenvalue weighted by Gasteiger charge is -2.14. The second-order valence-electron chi connectivity index (χ2n) is 3.03. The number of halogens is 2. The third-order valence-corrected chi connectivity index (χ3v) is 2.26. The van der Waals surface area contributed by atoms with Crippen LogP contribution in [0.2, 0.25) is 10.3 Å². The van der Waals surface area contributed by atoms with Gasteiger partial charge >= 0.3 is 5.97 Å². The third kappa shape index (κ3) is 3.08. The van der Waals surface area contributed by atoms with Crippen LogP contribution in [0.5, 0.6) is 0 Å². The van der Waals surface area contributed by atoms with E-state index in [-0.39, 0.29) is 15.9 Å². The molecule has 16 heavy (non-hydrogen) atoms. The fourth-order valence-corrected chi connectivity index (χ4v) is 1.48. The Morgan fingerprint density at radius 1 is 1.44 bits per heavy atom. The molecule has 0 spiro atoms. The van der Waals surface area contributed by atoms with Crippen molar-refractivity contribution in [2.45, 2.75) is 0 Å². The van der Waals surface area contributed by atoms with Crippen LogP contribution in [0.25, 0.3) is 0 Å². The molecule has 0 bridgehead atoms. The first kappa shape index (κ1) is 12.7. The number of likely N-dealkylation sites (N-methyl/N-ethyl adjacent to an activating group) is 1. The predicted molar refractivity (Wildman–Crippen MR) is 58.9 cm³/mol. The molecule has 0 aliphatic heterocycles. The first-order valence-electron chi connectivity index (χ1n) is 4.21. The number of aliphatic carboxylic acids is 1. The van der Waals surface area contributed by atoms with Gasteiger partial charge in [0.2, 0.25) is 0 Å². The van der Waals surface area contributed by atoms with E-state index in [1.165, 1.54) is 19.2 Å². The molecule has 0 aliphatic carbocycles. The van der Waals surface area contributed by atoms with Crippen LogP contribution in [-0.2, 0) is 4.79 Å². The van der Waals surface area contributed by atoms with Crippen LogP contribution in [0.4, 0.5) is 0 Å². The normalized spacial score (nSPS) is 9.94. The van der Waals surface area contributed by atoms with E-state index in [9.17, 15) is 9.59 Å². The summed E-state index contributed by atoms with van der Waals surface area (Å²) in [5.41, 5.74) is 0.120. The van der Waals surface area contributed by atoms with Crippen molar-refractivity contribution in [3.63, 3.8) is 0 Å². The number of rotatable bonds is 3. The Kier molecular flexibility index (Phi) is 4.09. The van der Waals surface area contributed by atoms with Crippen LogP contribution in [0.15, 0.2) is 12.1 Å². The van der Waals surface area contributed by atoms with Crippen molar-refractivity contribution in [1.82, 2.24) is 9.88 Å². The third-order valence-electron chi connectivity index (χ3n) is 1.76. The zero-order valence-electron chi connectivity index (χ0n) is 8.28. The molecule has 0 aromatic carbocycles. The van der Waals surface area contributed by atoms with Gasteiger partial charge in [0, 0.05) is 7.05 Å². The van der Waals surface area contributed by atoms with Crippen molar-refractivity contribution in [3.8, 4) is 0 Å². The van der Waals surface area contributed by atoms with E-state index in [1.54, 1.807) is 0 Å². The van der Waals surface area contributed by atoms with E-state index in [0.29, 0.717) is 0 Å². The van der Waals surface area contributed by atoms with Crippen LogP contribution >= 0.6 is 23.2 Å². The molecular formula is C9H8Cl2N2O3. The molecule has 1 aromatic rings. The highest BCUT2D eigenvalue weighted by atomic mass is 35.5. The van der Waals surface area contributed by atoms with Gasteiger partial charge in [-0.05, 0) is 12.1 Å². The summed E-state index contributed by atoms with van der Waals surface area (Å²) in [6.45, 7) is -0.405. The SMILES string of the molecule is CN(CC(=O)O)C(=O)c1ccc(Cl)nc1Cl. The zero-order valence-corrected chi connectivity index (χ0v) is 9.79. The van der Waals surface area contributed by atoms with Crippen molar-refractivity contribution in [3.05, 3.63) is 28.0 Å². The fraction of sp³-hybridized carbons (Fsp3) is 0.222. The Balaban J connectivity index is 2.92. The number of hydrogen-bond donors (Lipinski definition) is 1. The molecule has 86 valence electrons. The quantitative estimate of drug-likeness (QED) is 0.840. The summed E-state index contributed by atoms with van der Waals surface area (Å²) in [7, 11) is 1.36. The van der Waals surface area contributed by atoms with E-state index < -0.39 is 18.4 Å². The summed E-state index contributed by atoms with van der Waals surface area (Å²) in [6, 6.07) is 2.81. The number of aromatic nitrogens is 1. The van der Waals surface area contributed by atoms with Crippen molar-refractivity contribution >= 4 is 35.1 Å². The van der Waals surface area contributed by atoms with E-state index in [1.807, 2.05) is 0 Å². The lowest BCUT2D eigenvalue weighted by molar-refractivity contribution is -0.137. The number of amides is 1. The van der Waals surface area contributed by atoms with Gasteiger partial charge in [0.05, 0.1) is 5.56 Å². The Morgan fingerprint density at radius 3 is 2.56 bits per heavy atom. The number of nitrogens with zero attached hydrogens (tertiary/aromatic N) is 2. The molecule has 0 saturated carbocycles. The van der Waals surface area contributed by atoms with Gasteiger partial charge in [-0.3, -0.25) is 9.59 Å². The molecule has 0 fully saturated rings. The summed E-state index contributed by atoms with van der Waals surface area (Å²) in [4.78, 5) is 26.8. The molecule has 5 nitrogen and oxygen atoms in total. The first-order valence-corrected chi connectivity index (χ1v) is 4.96. The van der Waals surface area contributed by atoms with Gasteiger partial charge in [0.25, 0.3) is 5.91 Å². The monoisotopic (exact) mass is 262 g/mol. The van der Waals surface area contributed by atoms with Gasteiger partial charge in [-0.2, -0.15) is 0 Å². The smallest absolute Gasteiger partial charge is 0.323 e. The molecule has 0 atom stereocenters. The minimum absolute atomic E-state index is 0.0465. The second kappa shape index (κ2) is 5.14. The summed E-state index contributed by atoms with van der Waals surface area (Å²) in [6.07, 6.45) is 0. The Labute approximate surface area is 102 Å². The van der Waals surface area contributed by atoms with Crippen LogP contribution in [0, 0.1) is 0 Å². The number of carbonyl (C=O) groups is 2. The van der Waals surface area contributed by atoms with E-state index >= 15 is 0 Å². The molecule has 1 aromatic heterocycles. The van der Waals surface area contributed by atoms with Gasteiger partial charge in [0.15, 0.2) is 0 Å². The summed E-state index contributed by atoms with van der Waals surface area (Å²) in [5.74, 6) is -1.62. The molecule has 0 saturated heterocycles. The number of pyridine rings is 1. The number of carbonyl (C=O) groups excluding carboxylic acids is 1. The first-order chi connectivity index (χ1) is 7.41. The molecular weight excluding hydrogens is 255 g/mol. The Hall–Kier alpha value is -1.33. The molecule has 1 N–H and O–H groups in total. The maximum Gasteiger partial charge on any atom is 0.323 e. The number of carboxylic acids is 1. The van der Waals surface area contributed by atoms with Crippen LogP contribution in [0.3, 0.4) is 0 Å². The number of hydrogen-bond acceptors (Lipinski definition) is 3. The predicted octanol–water partition coefficient (Wildman–Crippen LogP) is 1.54. The average Bonchev–Trinajstić information content (AvgIpc) is 2.15. The molecule has 7 heteroatoms. The van der Waals surface area contributed by atoms with Gasteiger partial charge in [-0.1, -0.05) is 23.2 Å². The standard InChI is InChI=1S/C9H8Cl2N2O3/c1-13(4-7(14)15)9(16)5-2-3-6(10)12-8(5)11/h2-3H,4H2,1H3,(H,14,15). The molecule has 0 unspecified atom stereocenters. The van der Waals surface area contributed by atoms with E-state index in [0.717, 1.165) is 4.90 Å². The lowest BCUT2D eigenvalue weighted by atomic mass is 10.2. The molecule has 1 amide bonds. The highest BCUT2D eigenvalue weighted by molar-refractivity contribution is 6.34. The highest BCUT2D eigenvalue weighted by Crippen LogP contribution is 2.17. The fourth-order valence-electron chi connectivity index (χ4n) is 1.05. The Morgan fingerprint density at radius 2 is 2.06 bits per heavy atom. The zero-order chi connectivity index (χ0) is 12.3. The van der Waals surface area contributed by atoms with E-state index in [2.05, 4.69) is 4.98 Å². The number of carboxylic acid groups (broad SMARTS) is 1. The van der Waals surface area contributed by atoms with Gasteiger partial charge in [-0.15, -0.1) is 0 Å². The summed E-state index contributed by atoms with van der Waals surface area (Å²) < 4.78 is 0. The largest absolute Gasteiger partial charge is 0.480 e. The summed E-state index contributed by atoms with van der Waals surface area (Å²) >= 11 is 11.3. The molecule has 1 rings (SSSR count). The van der Waals surface area contributed by atoms with E-state index in [4.69, 9.17) is 28.3 Å². The van der Waals surface area contributed by atoms with Crippen LogP contribution < -0.4 is 0 Å².